The van der Waals surface area contributed by atoms with Gasteiger partial charge in [-0.05, 0) is 12.1 Å². The Kier molecular flexibility index (Phi) is 2.69. The Morgan fingerprint density at radius 2 is 1.50 bits per heavy atom. The molecular weight excluding hydrogens is 222 g/mol. The average molecular weight is 236 g/mol. The highest BCUT2D eigenvalue weighted by Crippen LogP contribution is 2.17. The van der Waals surface area contributed by atoms with E-state index in [4.69, 9.17) is 4.74 Å². The highest BCUT2D eigenvalue weighted by molar-refractivity contribution is 5.76. The van der Waals surface area contributed by atoms with Crippen LogP contribution >= 0.6 is 0 Å². The number of para-hydroxylation sites is 2. The molecule has 0 spiro atoms. The van der Waals surface area contributed by atoms with Crippen molar-refractivity contribution < 1.29 is 9.30 Å². The zero-order chi connectivity index (χ0) is 12.4. The minimum absolute atomic E-state index is 0.833. The monoisotopic (exact) mass is 236 g/mol. The first-order valence-electron chi connectivity index (χ1n) is 5.93. The number of fused-ring (bicyclic) bond motifs is 1. The summed E-state index contributed by atoms with van der Waals surface area (Å²) in [6, 6.07) is 22.6. The van der Waals surface area contributed by atoms with Gasteiger partial charge in [0.05, 0.1) is 13.2 Å². The van der Waals surface area contributed by atoms with Gasteiger partial charge in [-0.25, -0.2) is 0 Å². The van der Waals surface area contributed by atoms with E-state index in [2.05, 4.69) is 34.9 Å². The van der Waals surface area contributed by atoms with E-state index in [1.54, 1.807) is 7.11 Å². The fourth-order valence-corrected chi connectivity index (χ4v) is 2.19. The van der Waals surface area contributed by atoms with E-state index in [0.29, 0.717) is 0 Å². The second kappa shape index (κ2) is 4.49. The number of hydrogen-bond donors (Lipinski definition) is 0. The van der Waals surface area contributed by atoms with E-state index in [0.717, 1.165) is 17.1 Å². The van der Waals surface area contributed by atoms with Gasteiger partial charge in [-0.2, -0.15) is 0 Å². The van der Waals surface area contributed by atoms with Gasteiger partial charge < -0.3 is 4.74 Å². The Morgan fingerprint density at radius 3 is 2.28 bits per heavy atom. The molecule has 0 aliphatic rings. The highest BCUT2D eigenvalue weighted by atomic mass is 16.5. The molecule has 0 N–H and O–H groups in total. The molecule has 2 heteroatoms. The smallest absolute Gasteiger partial charge is 0.374 e. The van der Waals surface area contributed by atoms with Gasteiger partial charge in [-0.3, -0.25) is 0 Å². The SMILES string of the molecule is COc1ccc2ccccc2[n+]1-c1ccccc1. The average Bonchev–Trinajstić information content (AvgIpc) is 2.47. The summed E-state index contributed by atoms with van der Waals surface area (Å²) in [5.41, 5.74) is 2.24. The molecule has 0 saturated carbocycles. The highest BCUT2D eigenvalue weighted by Gasteiger charge is 2.18. The minimum atomic E-state index is 0.833. The summed E-state index contributed by atoms with van der Waals surface area (Å²) in [5, 5.41) is 1.20. The van der Waals surface area contributed by atoms with Crippen molar-refractivity contribution in [3.63, 3.8) is 0 Å². The molecule has 18 heavy (non-hydrogen) atoms. The fourth-order valence-electron chi connectivity index (χ4n) is 2.19. The molecule has 3 rings (SSSR count). The fraction of sp³-hybridized carbons (Fsp3) is 0.0625. The summed E-state index contributed by atoms with van der Waals surface area (Å²) >= 11 is 0. The van der Waals surface area contributed by atoms with Crippen LogP contribution < -0.4 is 9.30 Å². The normalized spacial score (nSPS) is 10.5. The number of methoxy groups -OCH3 is 1. The van der Waals surface area contributed by atoms with Crippen LogP contribution in [-0.4, -0.2) is 7.11 Å². The molecular formula is C16H14NO+. The number of rotatable bonds is 2. The lowest BCUT2D eigenvalue weighted by Gasteiger charge is -2.04. The minimum Gasteiger partial charge on any atom is -0.447 e. The third-order valence-electron chi connectivity index (χ3n) is 3.03. The van der Waals surface area contributed by atoms with Crippen LogP contribution in [0.15, 0.2) is 66.7 Å². The van der Waals surface area contributed by atoms with Gasteiger partial charge in [0.2, 0.25) is 11.2 Å². The van der Waals surface area contributed by atoms with Gasteiger partial charge in [-0.1, -0.05) is 30.3 Å². The second-order valence-corrected chi connectivity index (χ2v) is 4.11. The third kappa shape index (κ3) is 1.72. The molecule has 0 bridgehead atoms. The molecule has 0 radical (unpaired) electrons. The maximum Gasteiger partial charge on any atom is 0.374 e. The molecule has 0 aliphatic heterocycles. The Labute approximate surface area is 106 Å². The van der Waals surface area contributed by atoms with Crippen molar-refractivity contribution in [3.05, 3.63) is 66.7 Å². The van der Waals surface area contributed by atoms with Crippen LogP contribution in [0, 0.1) is 0 Å². The predicted molar refractivity (Wildman–Crippen MR) is 72.0 cm³/mol. The lowest BCUT2D eigenvalue weighted by molar-refractivity contribution is -0.575. The van der Waals surface area contributed by atoms with Crippen molar-refractivity contribution in [1.29, 1.82) is 0 Å². The van der Waals surface area contributed by atoms with Crippen molar-refractivity contribution in [2.24, 2.45) is 0 Å². The summed E-state index contributed by atoms with van der Waals surface area (Å²) in [6.07, 6.45) is 0. The zero-order valence-electron chi connectivity index (χ0n) is 10.2. The Morgan fingerprint density at radius 1 is 0.778 bits per heavy atom. The van der Waals surface area contributed by atoms with E-state index < -0.39 is 0 Å². The zero-order valence-corrected chi connectivity index (χ0v) is 10.2. The molecule has 0 saturated heterocycles. The van der Waals surface area contributed by atoms with Gasteiger partial charge in [0, 0.05) is 23.6 Å². The van der Waals surface area contributed by atoms with Gasteiger partial charge in [-0.15, -0.1) is 4.57 Å². The van der Waals surface area contributed by atoms with Crippen LogP contribution in [0.4, 0.5) is 0 Å². The Bertz CT molecular complexity index is 677. The van der Waals surface area contributed by atoms with Gasteiger partial charge in [0.25, 0.3) is 0 Å². The number of benzene rings is 2. The lowest BCUT2D eigenvalue weighted by atomic mass is 10.2. The molecule has 1 aromatic heterocycles. The molecule has 3 aromatic rings. The maximum absolute atomic E-state index is 5.47. The summed E-state index contributed by atoms with van der Waals surface area (Å²) in [4.78, 5) is 0. The second-order valence-electron chi connectivity index (χ2n) is 4.11. The van der Waals surface area contributed by atoms with Crippen molar-refractivity contribution in [3.8, 4) is 11.6 Å². The van der Waals surface area contributed by atoms with E-state index in [1.165, 1.54) is 5.39 Å². The molecule has 88 valence electrons. The summed E-state index contributed by atoms with van der Waals surface area (Å²) in [6.45, 7) is 0. The van der Waals surface area contributed by atoms with Crippen molar-refractivity contribution in [1.82, 2.24) is 0 Å². The molecule has 0 aliphatic carbocycles. The number of pyridine rings is 1. The number of hydrogen-bond acceptors (Lipinski definition) is 1. The Hall–Kier alpha value is -2.35. The van der Waals surface area contributed by atoms with Crippen LogP contribution in [0.25, 0.3) is 16.6 Å². The number of ether oxygens (including phenoxy) is 1. The molecule has 0 unspecified atom stereocenters. The first-order valence-corrected chi connectivity index (χ1v) is 5.93. The quantitative estimate of drug-likeness (QED) is 0.623. The van der Waals surface area contributed by atoms with Crippen LogP contribution in [-0.2, 0) is 0 Å². The van der Waals surface area contributed by atoms with Gasteiger partial charge >= 0.3 is 5.88 Å². The molecule has 0 amide bonds. The Balaban J connectivity index is 2.38. The molecule has 2 aromatic carbocycles. The van der Waals surface area contributed by atoms with Crippen LogP contribution in [0.2, 0.25) is 0 Å². The van der Waals surface area contributed by atoms with E-state index in [1.807, 2.05) is 36.4 Å². The summed E-state index contributed by atoms with van der Waals surface area (Å²) in [7, 11) is 1.70. The third-order valence-corrected chi connectivity index (χ3v) is 3.03. The summed E-state index contributed by atoms with van der Waals surface area (Å²) < 4.78 is 7.59. The van der Waals surface area contributed by atoms with Gasteiger partial charge in [0.1, 0.15) is 0 Å². The van der Waals surface area contributed by atoms with Crippen molar-refractivity contribution in [2.75, 3.05) is 7.11 Å². The van der Waals surface area contributed by atoms with Crippen LogP contribution in [0.1, 0.15) is 0 Å². The number of aromatic nitrogens is 1. The molecule has 0 fully saturated rings. The molecule has 2 nitrogen and oxygen atoms in total. The van der Waals surface area contributed by atoms with Crippen molar-refractivity contribution >= 4 is 10.9 Å². The largest absolute Gasteiger partial charge is 0.447 e. The number of nitrogens with zero attached hydrogens (tertiary/aromatic N) is 1. The molecule has 1 heterocycles. The first kappa shape index (κ1) is 10.8. The van der Waals surface area contributed by atoms with E-state index in [-0.39, 0.29) is 0 Å². The van der Waals surface area contributed by atoms with Crippen LogP contribution in [0.3, 0.4) is 0 Å². The standard InChI is InChI=1S/C16H14NO/c1-18-16-12-11-13-7-5-6-10-15(13)17(16)14-8-3-2-4-9-14/h2-12H,1H3/q+1. The first-order chi connectivity index (χ1) is 8.90. The predicted octanol–water partition coefficient (Wildman–Crippen LogP) is 3.13. The van der Waals surface area contributed by atoms with Gasteiger partial charge in [0.15, 0.2) is 0 Å². The van der Waals surface area contributed by atoms with E-state index in [9.17, 15) is 0 Å². The van der Waals surface area contributed by atoms with E-state index >= 15 is 0 Å². The van der Waals surface area contributed by atoms with Crippen molar-refractivity contribution in [2.45, 2.75) is 0 Å². The topological polar surface area (TPSA) is 13.1 Å². The van der Waals surface area contributed by atoms with Crippen LogP contribution in [0.5, 0.6) is 5.88 Å². The molecule has 0 atom stereocenters. The summed E-state index contributed by atoms with van der Waals surface area (Å²) in [5.74, 6) is 0.833. The lowest BCUT2D eigenvalue weighted by Crippen LogP contribution is -2.33. The maximum atomic E-state index is 5.47.